The molecule has 1 aliphatic rings. The quantitative estimate of drug-likeness (QED) is 0.809. The molecule has 0 bridgehead atoms. The van der Waals surface area contributed by atoms with Crippen molar-refractivity contribution < 1.29 is 19.4 Å². The van der Waals surface area contributed by atoms with Crippen LogP contribution in [0.15, 0.2) is 0 Å². The number of carbonyl (C=O) groups is 1. The maximum atomic E-state index is 12.3. The monoisotopic (exact) mass is 288 g/mol. The Morgan fingerprint density at radius 1 is 1.40 bits per heavy atom. The van der Waals surface area contributed by atoms with Gasteiger partial charge in [0.1, 0.15) is 5.60 Å². The molecule has 1 aliphatic carbocycles. The van der Waals surface area contributed by atoms with Crippen LogP contribution in [-0.2, 0) is 9.47 Å². The number of hydrogen-bond acceptors (Lipinski definition) is 5. The van der Waals surface area contributed by atoms with Gasteiger partial charge in [-0.1, -0.05) is 0 Å². The van der Waals surface area contributed by atoms with E-state index in [1.165, 1.54) is 0 Å². The second kappa shape index (κ2) is 7.24. The summed E-state index contributed by atoms with van der Waals surface area (Å²) in [4.78, 5) is 13.9. The van der Waals surface area contributed by atoms with Gasteiger partial charge >= 0.3 is 6.09 Å². The standard InChI is InChI=1S/C14H28N2O4/c1-14(2,3)20-13(18)16(7-8-19-4)11-6-5-10(15)9-12(11)17/h10-12,17H,5-9,15H2,1-4H3/t10-,11-,12-/m0/s1. The van der Waals surface area contributed by atoms with Crippen LogP contribution in [0.4, 0.5) is 4.79 Å². The minimum atomic E-state index is -0.608. The zero-order valence-electron chi connectivity index (χ0n) is 13.0. The van der Waals surface area contributed by atoms with Crippen LogP contribution >= 0.6 is 0 Å². The van der Waals surface area contributed by atoms with Gasteiger partial charge in [0.05, 0.1) is 18.8 Å². The third-order valence-corrected chi connectivity index (χ3v) is 3.39. The van der Waals surface area contributed by atoms with E-state index in [0.29, 0.717) is 26.0 Å². The first-order valence-electron chi connectivity index (χ1n) is 7.17. The van der Waals surface area contributed by atoms with E-state index in [-0.39, 0.29) is 12.1 Å². The van der Waals surface area contributed by atoms with Gasteiger partial charge in [0.25, 0.3) is 0 Å². The molecule has 0 radical (unpaired) electrons. The number of aliphatic hydroxyl groups excluding tert-OH is 1. The van der Waals surface area contributed by atoms with Gasteiger partial charge in [0.2, 0.25) is 0 Å². The van der Waals surface area contributed by atoms with E-state index in [0.717, 1.165) is 6.42 Å². The van der Waals surface area contributed by atoms with Crippen LogP contribution in [0.1, 0.15) is 40.0 Å². The fourth-order valence-corrected chi connectivity index (χ4v) is 2.43. The number of hydrogen-bond donors (Lipinski definition) is 2. The van der Waals surface area contributed by atoms with Gasteiger partial charge in [0, 0.05) is 19.7 Å². The van der Waals surface area contributed by atoms with Crippen LogP contribution in [0.3, 0.4) is 0 Å². The van der Waals surface area contributed by atoms with Crippen LogP contribution in [0.2, 0.25) is 0 Å². The van der Waals surface area contributed by atoms with Crippen LogP contribution in [-0.4, -0.2) is 60.1 Å². The van der Waals surface area contributed by atoms with Crippen LogP contribution in [0.5, 0.6) is 0 Å². The number of methoxy groups -OCH3 is 1. The molecule has 0 saturated heterocycles. The Bertz CT molecular complexity index is 317. The molecule has 0 aromatic rings. The summed E-state index contributed by atoms with van der Waals surface area (Å²) >= 11 is 0. The number of ether oxygens (including phenoxy) is 2. The first-order chi connectivity index (χ1) is 9.24. The van der Waals surface area contributed by atoms with Crippen LogP contribution in [0.25, 0.3) is 0 Å². The summed E-state index contributed by atoms with van der Waals surface area (Å²) in [6.07, 6.45) is 0.980. The molecule has 1 rings (SSSR count). The van der Waals surface area contributed by atoms with E-state index >= 15 is 0 Å². The Balaban J connectivity index is 2.75. The topological polar surface area (TPSA) is 85.0 Å². The van der Waals surface area contributed by atoms with E-state index in [1.54, 1.807) is 12.0 Å². The van der Waals surface area contributed by atoms with E-state index in [9.17, 15) is 9.90 Å². The second-order valence-corrected chi connectivity index (χ2v) is 6.37. The fourth-order valence-electron chi connectivity index (χ4n) is 2.43. The minimum Gasteiger partial charge on any atom is -0.444 e. The van der Waals surface area contributed by atoms with Crippen molar-refractivity contribution in [2.24, 2.45) is 5.73 Å². The molecule has 3 N–H and O–H groups in total. The van der Waals surface area contributed by atoms with Gasteiger partial charge < -0.3 is 25.2 Å². The molecule has 6 heteroatoms. The minimum absolute atomic E-state index is 0.00385. The van der Waals surface area contributed by atoms with Crippen molar-refractivity contribution in [3.63, 3.8) is 0 Å². The highest BCUT2D eigenvalue weighted by Crippen LogP contribution is 2.24. The summed E-state index contributed by atoms with van der Waals surface area (Å²) in [6.45, 7) is 6.29. The van der Waals surface area contributed by atoms with E-state index in [4.69, 9.17) is 15.2 Å². The SMILES string of the molecule is COCCN(C(=O)OC(C)(C)C)[C@H]1CC[C@H](N)C[C@@H]1O. The highest BCUT2D eigenvalue weighted by Gasteiger charge is 2.36. The molecule has 3 atom stereocenters. The van der Waals surface area contributed by atoms with Crippen molar-refractivity contribution in [2.45, 2.75) is 63.8 Å². The molecular formula is C14H28N2O4. The van der Waals surface area contributed by atoms with E-state index < -0.39 is 17.8 Å². The van der Waals surface area contributed by atoms with Gasteiger partial charge in [-0.3, -0.25) is 0 Å². The molecule has 0 heterocycles. The molecule has 6 nitrogen and oxygen atoms in total. The van der Waals surface area contributed by atoms with Crippen molar-refractivity contribution in [3.05, 3.63) is 0 Å². The van der Waals surface area contributed by atoms with Crippen molar-refractivity contribution in [3.8, 4) is 0 Å². The Hall–Kier alpha value is -0.850. The lowest BCUT2D eigenvalue weighted by Gasteiger charge is -2.39. The number of amides is 1. The number of nitrogens with zero attached hydrogens (tertiary/aromatic N) is 1. The Morgan fingerprint density at radius 3 is 2.55 bits per heavy atom. The zero-order chi connectivity index (χ0) is 15.3. The summed E-state index contributed by atoms with van der Waals surface area (Å²) in [7, 11) is 1.58. The van der Waals surface area contributed by atoms with Gasteiger partial charge in [0.15, 0.2) is 0 Å². The lowest BCUT2D eigenvalue weighted by molar-refractivity contribution is -0.0250. The van der Waals surface area contributed by atoms with Crippen LogP contribution < -0.4 is 5.73 Å². The van der Waals surface area contributed by atoms with Gasteiger partial charge in [-0.15, -0.1) is 0 Å². The zero-order valence-corrected chi connectivity index (χ0v) is 13.0. The van der Waals surface area contributed by atoms with Crippen molar-refractivity contribution >= 4 is 6.09 Å². The third kappa shape index (κ3) is 5.26. The number of carbonyl (C=O) groups excluding carboxylic acids is 1. The molecule has 0 spiro atoms. The lowest BCUT2D eigenvalue weighted by Crippen LogP contribution is -2.53. The van der Waals surface area contributed by atoms with E-state index in [1.807, 2.05) is 20.8 Å². The van der Waals surface area contributed by atoms with Crippen molar-refractivity contribution in [2.75, 3.05) is 20.3 Å². The van der Waals surface area contributed by atoms with Gasteiger partial charge in [-0.25, -0.2) is 4.79 Å². The molecule has 1 saturated carbocycles. The van der Waals surface area contributed by atoms with Crippen LogP contribution in [0, 0.1) is 0 Å². The molecule has 0 unspecified atom stereocenters. The first-order valence-corrected chi connectivity index (χ1v) is 7.17. The molecule has 0 aromatic heterocycles. The largest absolute Gasteiger partial charge is 0.444 e. The summed E-state index contributed by atoms with van der Waals surface area (Å²) in [5.41, 5.74) is 5.29. The maximum Gasteiger partial charge on any atom is 0.410 e. The third-order valence-electron chi connectivity index (χ3n) is 3.39. The van der Waals surface area contributed by atoms with Gasteiger partial charge in [-0.05, 0) is 40.0 Å². The summed E-state index contributed by atoms with van der Waals surface area (Å²) in [5, 5.41) is 10.2. The van der Waals surface area contributed by atoms with Crippen molar-refractivity contribution in [1.29, 1.82) is 0 Å². The summed E-state index contributed by atoms with van der Waals surface area (Å²) in [6, 6.07) is -0.246. The smallest absolute Gasteiger partial charge is 0.410 e. The summed E-state index contributed by atoms with van der Waals surface area (Å²) in [5.74, 6) is 0. The highest BCUT2D eigenvalue weighted by atomic mass is 16.6. The second-order valence-electron chi connectivity index (χ2n) is 6.37. The Morgan fingerprint density at radius 2 is 2.05 bits per heavy atom. The fraction of sp³-hybridized carbons (Fsp3) is 0.929. The highest BCUT2D eigenvalue weighted by molar-refractivity contribution is 5.68. The molecule has 0 aromatic carbocycles. The van der Waals surface area contributed by atoms with E-state index in [2.05, 4.69) is 0 Å². The lowest BCUT2D eigenvalue weighted by atomic mass is 9.88. The molecule has 118 valence electrons. The average Bonchev–Trinajstić information content (AvgIpc) is 2.29. The molecule has 1 amide bonds. The maximum absolute atomic E-state index is 12.3. The number of aliphatic hydroxyl groups is 1. The molecule has 0 aliphatic heterocycles. The normalized spacial score (nSPS) is 27.2. The summed E-state index contributed by atoms with van der Waals surface area (Å²) < 4.78 is 10.5. The predicted molar refractivity (Wildman–Crippen MR) is 76.4 cm³/mol. The Labute approximate surface area is 121 Å². The number of rotatable bonds is 4. The predicted octanol–water partition coefficient (Wildman–Crippen LogP) is 1.11. The first kappa shape index (κ1) is 17.2. The average molecular weight is 288 g/mol. The molecular weight excluding hydrogens is 260 g/mol. The van der Waals surface area contributed by atoms with Gasteiger partial charge in [-0.2, -0.15) is 0 Å². The van der Waals surface area contributed by atoms with Crippen molar-refractivity contribution in [1.82, 2.24) is 4.90 Å². The number of nitrogens with two attached hydrogens (primary N) is 1. The Kier molecular flexibility index (Phi) is 6.23. The molecule has 1 fully saturated rings. The molecule has 20 heavy (non-hydrogen) atoms.